The number of esters is 2. The van der Waals surface area contributed by atoms with Gasteiger partial charge < -0.3 is 9.47 Å². The molecular weight excluding hydrogens is 530 g/mol. The van der Waals surface area contributed by atoms with Crippen LogP contribution in [-0.4, -0.2) is 56.7 Å². The summed E-state index contributed by atoms with van der Waals surface area (Å²) < 4.78 is 9.13. The molecule has 0 amide bonds. The van der Waals surface area contributed by atoms with Gasteiger partial charge in [0.2, 0.25) is 0 Å². The van der Waals surface area contributed by atoms with Crippen molar-refractivity contribution >= 4 is 75.7 Å². The van der Waals surface area contributed by atoms with Crippen molar-refractivity contribution in [2.45, 2.75) is 27.4 Å². The number of ether oxygens (including phenoxy) is 2. The molecule has 0 atom stereocenters. The van der Waals surface area contributed by atoms with E-state index in [1.807, 2.05) is 13.8 Å². The molecule has 0 aliphatic carbocycles. The highest BCUT2D eigenvalue weighted by molar-refractivity contribution is 9.25. The first-order valence-corrected chi connectivity index (χ1v) is 9.55. The topological polar surface area (TPSA) is 55.8 Å². The van der Waals surface area contributed by atoms with Crippen LogP contribution in [0.3, 0.4) is 0 Å². The smallest absolute Gasteiger partial charge is 0.330 e. The monoisotopic (exact) mass is 543 g/mol. The summed E-state index contributed by atoms with van der Waals surface area (Å²) in [6.45, 7) is 5.80. The summed E-state index contributed by atoms with van der Waals surface area (Å²) in [6.07, 6.45) is 0. The molecule has 0 aromatic heterocycles. The first-order valence-electron chi connectivity index (χ1n) is 5.89. The lowest BCUT2D eigenvalue weighted by Crippen LogP contribution is -2.37. The van der Waals surface area contributed by atoms with Gasteiger partial charge in [0.05, 0.1) is 0 Å². The molecule has 5 nitrogen and oxygen atoms in total. The fourth-order valence-corrected chi connectivity index (χ4v) is 1.81. The number of carbonyl (C=O) groups is 2. The molecule has 0 spiro atoms. The van der Waals surface area contributed by atoms with Crippen molar-refractivity contribution in [3.8, 4) is 0 Å². The predicted molar refractivity (Wildman–Crippen MR) is 91.9 cm³/mol. The van der Waals surface area contributed by atoms with Gasteiger partial charge in [-0.15, -0.1) is 0 Å². The van der Waals surface area contributed by atoms with E-state index in [-0.39, 0.29) is 31.2 Å². The Morgan fingerprint density at radius 1 is 0.900 bits per heavy atom. The summed E-state index contributed by atoms with van der Waals surface area (Å²) in [5.74, 6) is -0.719. The lowest BCUT2D eigenvalue weighted by Gasteiger charge is -2.26. The fourth-order valence-electron chi connectivity index (χ4n) is 1.28. The second kappa shape index (κ2) is 11.4. The van der Waals surface area contributed by atoms with E-state index >= 15 is 0 Å². The Bertz CT molecular complexity index is 287. The van der Waals surface area contributed by atoms with Gasteiger partial charge in [0.25, 0.3) is 0 Å². The molecule has 0 rings (SSSR count). The third-order valence-corrected chi connectivity index (χ3v) is 3.83. The maximum Gasteiger partial charge on any atom is 0.330 e. The molecule has 0 N–H and O–H groups in total. The zero-order valence-electron chi connectivity index (χ0n) is 11.2. The van der Waals surface area contributed by atoms with Gasteiger partial charge in [-0.1, -0.05) is 63.7 Å². The molecular formula is C11H17Br4NO4. The van der Waals surface area contributed by atoms with Crippen LogP contribution >= 0.6 is 63.7 Å². The highest BCUT2D eigenvalue weighted by Crippen LogP contribution is 2.11. The number of halogens is 4. The van der Waals surface area contributed by atoms with Crippen LogP contribution in [0.1, 0.15) is 13.8 Å². The third-order valence-electron chi connectivity index (χ3n) is 2.33. The van der Waals surface area contributed by atoms with Gasteiger partial charge in [0.15, 0.2) is 7.47 Å². The van der Waals surface area contributed by atoms with Crippen molar-refractivity contribution in [2.24, 2.45) is 0 Å². The van der Waals surface area contributed by atoms with E-state index < -0.39 is 7.47 Å². The van der Waals surface area contributed by atoms with Crippen LogP contribution in [0.4, 0.5) is 0 Å². The van der Waals surface area contributed by atoms with Crippen LogP contribution in [0.5, 0.6) is 0 Å². The SMILES string of the molecule is CC(C)N(CCOC(=O)C(Br)Br)CCOC(=O)C(Br)Br. The quantitative estimate of drug-likeness (QED) is 0.329. The van der Waals surface area contributed by atoms with Crippen molar-refractivity contribution in [1.29, 1.82) is 0 Å². The van der Waals surface area contributed by atoms with E-state index in [1.54, 1.807) is 0 Å². The maximum atomic E-state index is 11.3. The maximum absolute atomic E-state index is 11.3. The van der Waals surface area contributed by atoms with E-state index in [4.69, 9.17) is 9.47 Å². The Hall–Kier alpha value is 0.820. The van der Waals surface area contributed by atoms with Crippen LogP contribution in [-0.2, 0) is 19.1 Å². The lowest BCUT2D eigenvalue weighted by molar-refractivity contribution is -0.141. The van der Waals surface area contributed by atoms with Gasteiger partial charge in [-0.2, -0.15) is 0 Å². The number of alkyl halides is 4. The van der Waals surface area contributed by atoms with E-state index in [0.717, 1.165) is 0 Å². The van der Waals surface area contributed by atoms with Crippen molar-refractivity contribution < 1.29 is 19.1 Å². The van der Waals surface area contributed by atoms with Gasteiger partial charge in [0, 0.05) is 19.1 Å². The Morgan fingerprint density at radius 2 is 1.25 bits per heavy atom. The molecule has 0 aromatic carbocycles. The molecule has 0 aliphatic rings. The normalized spacial score (nSPS) is 11.5. The number of hydrogen-bond donors (Lipinski definition) is 0. The second-order valence-electron chi connectivity index (χ2n) is 4.07. The molecule has 0 unspecified atom stereocenters. The summed E-state index contributed by atoms with van der Waals surface area (Å²) >= 11 is 12.3. The average Bonchev–Trinajstić information content (AvgIpc) is 2.35. The summed E-state index contributed by atoms with van der Waals surface area (Å²) in [6, 6.07) is 0.264. The minimum Gasteiger partial charge on any atom is -0.463 e. The molecule has 0 aliphatic heterocycles. The molecule has 0 heterocycles. The van der Waals surface area contributed by atoms with Crippen LogP contribution < -0.4 is 0 Å². The largest absolute Gasteiger partial charge is 0.463 e. The number of nitrogens with zero attached hydrogens (tertiary/aromatic N) is 1. The standard InChI is InChI=1S/C11H17Br4NO4/c1-7(2)16(3-5-19-10(17)8(12)13)4-6-20-11(18)9(14)15/h7-9H,3-6H2,1-2H3. The minimum absolute atomic E-state index is 0.264. The second-order valence-corrected chi connectivity index (χ2v) is 10.2. The number of rotatable bonds is 9. The van der Waals surface area contributed by atoms with E-state index in [2.05, 4.69) is 68.6 Å². The van der Waals surface area contributed by atoms with Gasteiger partial charge in [-0.3, -0.25) is 4.90 Å². The minimum atomic E-state index is -0.488. The number of carbonyl (C=O) groups excluding carboxylic acids is 2. The molecule has 0 saturated carbocycles. The van der Waals surface area contributed by atoms with Crippen LogP contribution in [0.2, 0.25) is 0 Å². The third kappa shape index (κ3) is 9.70. The van der Waals surface area contributed by atoms with Crippen molar-refractivity contribution in [3.05, 3.63) is 0 Å². The van der Waals surface area contributed by atoms with Gasteiger partial charge in [0.1, 0.15) is 13.2 Å². The van der Waals surface area contributed by atoms with Gasteiger partial charge in [-0.05, 0) is 13.8 Å². The van der Waals surface area contributed by atoms with Crippen molar-refractivity contribution in [2.75, 3.05) is 26.3 Å². The van der Waals surface area contributed by atoms with Crippen molar-refractivity contribution in [3.63, 3.8) is 0 Å². The average molecular weight is 547 g/mol. The van der Waals surface area contributed by atoms with E-state index in [0.29, 0.717) is 13.1 Å². The van der Waals surface area contributed by atoms with Gasteiger partial charge >= 0.3 is 11.9 Å². The molecule has 0 aromatic rings. The molecule has 0 fully saturated rings. The zero-order valence-corrected chi connectivity index (χ0v) is 17.5. The first kappa shape index (κ1) is 20.8. The Balaban J connectivity index is 4.00. The summed E-state index contributed by atoms with van der Waals surface area (Å²) in [5, 5.41) is 0. The van der Waals surface area contributed by atoms with Crippen LogP contribution in [0.15, 0.2) is 0 Å². The van der Waals surface area contributed by atoms with E-state index in [9.17, 15) is 9.59 Å². The highest BCUT2D eigenvalue weighted by atomic mass is 79.9. The first-order chi connectivity index (χ1) is 9.25. The Kier molecular flexibility index (Phi) is 11.9. The van der Waals surface area contributed by atoms with Gasteiger partial charge in [-0.25, -0.2) is 9.59 Å². The molecule has 0 saturated heterocycles. The predicted octanol–water partition coefficient (Wildman–Crippen LogP) is 3.02. The summed E-state index contributed by atoms with van der Waals surface area (Å²) in [7, 11) is 0. The molecule has 0 bridgehead atoms. The number of hydrogen-bond acceptors (Lipinski definition) is 5. The fraction of sp³-hybridized carbons (Fsp3) is 0.818. The Labute approximate surface area is 152 Å². The van der Waals surface area contributed by atoms with Crippen LogP contribution in [0.25, 0.3) is 0 Å². The molecule has 9 heteroatoms. The van der Waals surface area contributed by atoms with E-state index in [1.165, 1.54) is 0 Å². The lowest BCUT2D eigenvalue weighted by atomic mass is 10.3. The summed E-state index contributed by atoms with van der Waals surface area (Å²) in [4.78, 5) is 24.6. The molecule has 0 radical (unpaired) electrons. The highest BCUT2D eigenvalue weighted by Gasteiger charge is 2.16. The Morgan fingerprint density at radius 3 is 1.50 bits per heavy atom. The summed E-state index contributed by atoms with van der Waals surface area (Å²) in [5.41, 5.74) is 0. The zero-order chi connectivity index (χ0) is 15.7. The van der Waals surface area contributed by atoms with Crippen molar-refractivity contribution in [1.82, 2.24) is 4.90 Å². The molecule has 20 heavy (non-hydrogen) atoms. The molecule has 118 valence electrons. The van der Waals surface area contributed by atoms with Crippen LogP contribution in [0, 0.1) is 0 Å².